The highest BCUT2D eigenvalue weighted by Gasteiger charge is 2.65. The van der Waals surface area contributed by atoms with Gasteiger partial charge in [-0.05, 0) is 79.9 Å². The fraction of sp³-hybridized carbons (Fsp3) is 0.553. The van der Waals surface area contributed by atoms with Crippen LogP contribution in [0.2, 0.25) is 0 Å². The Morgan fingerprint density at radius 1 is 1.05 bits per heavy atom. The molecule has 3 saturated carbocycles. The van der Waals surface area contributed by atoms with Crippen molar-refractivity contribution in [1.82, 2.24) is 20.5 Å². The first-order valence-corrected chi connectivity index (χ1v) is 23.6. The van der Waals surface area contributed by atoms with Crippen molar-refractivity contribution >= 4 is 43.8 Å². The number of aromatic nitrogens is 1. The second-order valence-corrected chi connectivity index (χ2v) is 20.7. The third-order valence-electron chi connectivity index (χ3n) is 13.3. The van der Waals surface area contributed by atoms with E-state index in [2.05, 4.69) is 17.2 Å². The predicted molar refractivity (Wildman–Crippen MR) is 231 cm³/mol. The van der Waals surface area contributed by atoms with E-state index >= 15 is 4.79 Å². The SMILES string of the molecule is C=C[C@@H]1C[C@]1(NC(=O)[C@@H]1C[C@@H]2CN1C(=O)[C@H](C1CCCCC1)NC(=O)OCC(C)(C)CCCc1cc3c(cc(OCc4ccccc4)nc3cc1OC)O2)C(=O)S(=O)(=O)C1CC1. The quantitative estimate of drug-likeness (QED) is 0.216. The fourth-order valence-corrected chi connectivity index (χ4v) is 11.3. The maximum Gasteiger partial charge on any atom is 0.407 e. The van der Waals surface area contributed by atoms with Crippen LogP contribution in [0.4, 0.5) is 4.79 Å². The number of hydrogen-bond acceptors (Lipinski definition) is 11. The largest absolute Gasteiger partial charge is 0.496 e. The molecule has 2 aromatic carbocycles. The summed E-state index contributed by atoms with van der Waals surface area (Å²) >= 11 is 0. The van der Waals surface area contributed by atoms with Gasteiger partial charge in [-0.3, -0.25) is 14.4 Å². The number of sulfone groups is 1. The number of fused-ring (bicyclic) bond motifs is 3. The summed E-state index contributed by atoms with van der Waals surface area (Å²) in [5.41, 5.74) is 0.361. The minimum Gasteiger partial charge on any atom is -0.496 e. The lowest BCUT2D eigenvalue weighted by molar-refractivity contribution is -0.142. The van der Waals surface area contributed by atoms with E-state index in [0.29, 0.717) is 60.4 Å². The van der Waals surface area contributed by atoms with Crippen LogP contribution in [-0.2, 0) is 42.0 Å². The minimum absolute atomic E-state index is 0.0129. The van der Waals surface area contributed by atoms with Gasteiger partial charge >= 0.3 is 6.09 Å². The summed E-state index contributed by atoms with van der Waals surface area (Å²) in [6, 6.07) is 13.1. The maximum absolute atomic E-state index is 15.1. The van der Waals surface area contributed by atoms with Crippen LogP contribution in [0.3, 0.4) is 0 Å². The van der Waals surface area contributed by atoms with E-state index in [1.54, 1.807) is 13.2 Å². The number of pyridine rings is 1. The molecule has 3 aromatic rings. The molecule has 1 aromatic heterocycles. The number of cyclic esters (lactones) is 1. The molecule has 5 aliphatic rings. The third kappa shape index (κ3) is 9.14. The standard InChI is InChI=1S/C47H58N4O10S/c1-5-32-25-47(32,44(54)62(56,57)34-18-19-34)50-42(52)37-22-33-26-51(37)43(53)41(30-15-10-7-11-16-30)49-45(55)60-28-46(2,3)20-12-17-31-21-35-36(23-38(31)58-4)48-40(24-39(35)61-33)59-27-29-13-8-6-9-14-29/h5-6,8-9,13-14,21,23-24,30,32-34,37,41H,1,7,10-12,15-20,22,25-28H2,2-4H3,(H,49,55)(H,50,52)/t32-,33-,37+,41+,47-/m1/s1. The highest BCUT2D eigenvalue weighted by atomic mass is 32.2. The Kier molecular flexibility index (Phi) is 12.3. The molecule has 14 nitrogen and oxygen atoms in total. The van der Waals surface area contributed by atoms with Crippen LogP contribution in [0.5, 0.6) is 17.4 Å². The molecule has 3 amide bonds. The molecule has 4 fully saturated rings. The normalized spacial score (nSPS) is 26.9. The van der Waals surface area contributed by atoms with Gasteiger partial charge < -0.3 is 34.5 Å². The molecule has 3 aliphatic carbocycles. The number of aryl methyl sites for hydroxylation is 1. The fourth-order valence-electron chi connectivity index (χ4n) is 9.46. The van der Waals surface area contributed by atoms with E-state index in [0.717, 1.165) is 43.2 Å². The highest BCUT2D eigenvalue weighted by molar-refractivity contribution is 8.07. The third-order valence-corrected chi connectivity index (χ3v) is 15.5. The molecular formula is C47H58N4O10S. The van der Waals surface area contributed by atoms with Gasteiger partial charge in [0.15, 0.2) is 0 Å². The summed E-state index contributed by atoms with van der Waals surface area (Å²) in [5.74, 6) is -0.567. The summed E-state index contributed by atoms with van der Waals surface area (Å²) in [4.78, 5) is 63.4. The number of methoxy groups -OCH3 is 1. The van der Waals surface area contributed by atoms with Crippen molar-refractivity contribution in [2.24, 2.45) is 17.3 Å². The Morgan fingerprint density at radius 3 is 2.50 bits per heavy atom. The number of nitrogens with one attached hydrogen (secondary N) is 2. The van der Waals surface area contributed by atoms with Crippen LogP contribution < -0.4 is 24.8 Å². The number of nitrogens with zero attached hydrogens (tertiary/aromatic N) is 2. The first kappa shape index (κ1) is 43.5. The van der Waals surface area contributed by atoms with Crippen molar-refractivity contribution in [1.29, 1.82) is 0 Å². The van der Waals surface area contributed by atoms with Gasteiger partial charge in [0.1, 0.15) is 41.8 Å². The number of rotatable bonds is 10. The number of hydrogen-bond donors (Lipinski definition) is 2. The zero-order chi connectivity index (χ0) is 43.8. The van der Waals surface area contributed by atoms with Crippen molar-refractivity contribution in [3.8, 4) is 17.4 Å². The van der Waals surface area contributed by atoms with Gasteiger partial charge in [0.05, 0.1) is 31.0 Å². The molecule has 3 heterocycles. The summed E-state index contributed by atoms with van der Waals surface area (Å²) in [6.45, 7) is 8.21. The molecule has 0 unspecified atom stereocenters. The monoisotopic (exact) mass is 870 g/mol. The second kappa shape index (κ2) is 17.5. The van der Waals surface area contributed by atoms with Gasteiger partial charge in [-0.15, -0.1) is 6.58 Å². The lowest BCUT2D eigenvalue weighted by Crippen LogP contribution is -2.58. The zero-order valence-corrected chi connectivity index (χ0v) is 36.7. The topological polar surface area (TPSA) is 180 Å². The van der Waals surface area contributed by atoms with Gasteiger partial charge in [0.25, 0.3) is 5.12 Å². The molecule has 332 valence electrons. The smallest absolute Gasteiger partial charge is 0.407 e. The summed E-state index contributed by atoms with van der Waals surface area (Å²) < 4.78 is 51.4. The lowest BCUT2D eigenvalue weighted by Gasteiger charge is -2.35. The molecule has 5 atom stereocenters. The average Bonchev–Trinajstić information content (AvgIpc) is 4.20. The molecule has 8 rings (SSSR count). The van der Waals surface area contributed by atoms with Gasteiger partial charge in [-0.2, -0.15) is 0 Å². The van der Waals surface area contributed by atoms with Crippen molar-refractivity contribution < 1.29 is 46.5 Å². The van der Waals surface area contributed by atoms with Gasteiger partial charge in [-0.1, -0.05) is 69.5 Å². The van der Waals surface area contributed by atoms with E-state index in [9.17, 15) is 22.8 Å². The summed E-state index contributed by atoms with van der Waals surface area (Å²) in [6.07, 6.45) is 7.24. The van der Waals surface area contributed by atoms with Crippen molar-refractivity contribution in [2.45, 2.75) is 126 Å². The Labute approximate surface area is 363 Å². The average molecular weight is 871 g/mol. The van der Waals surface area contributed by atoms with Crippen molar-refractivity contribution in [3.63, 3.8) is 0 Å². The van der Waals surface area contributed by atoms with Crippen molar-refractivity contribution in [3.05, 3.63) is 72.3 Å². The summed E-state index contributed by atoms with van der Waals surface area (Å²) in [5, 5.41) is 4.66. The van der Waals surface area contributed by atoms with Crippen LogP contribution >= 0.6 is 0 Å². The van der Waals surface area contributed by atoms with E-state index in [4.69, 9.17) is 23.9 Å². The number of benzene rings is 2. The van der Waals surface area contributed by atoms with E-state index in [1.807, 2.05) is 56.3 Å². The van der Waals surface area contributed by atoms with Gasteiger partial charge in [-0.25, -0.2) is 18.2 Å². The molecule has 0 radical (unpaired) electrons. The van der Waals surface area contributed by atoms with E-state index in [-0.39, 0.29) is 38.5 Å². The Balaban J connectivity index is 1.18. The van der Waals surface area contributed by atoms with Crippen LogP contribution in [0.1, 0.15) is 95.6 Å². The van der Waals surface area contributed by atoms with Crippen LogP contribution in [0, 0.1) is 17.3 Å². The molecular weight excluding hydrogens is 813 g/mol. The molecule has 0 spiro atoms. The van der Waals surface area contributed by atoms with Crippen LogP contribution in [0.25, 0.3) is 10.9 Å². The zero-order valence-electron chi connectivity index (χ0n) is 35.9. The molecule has 2 N–H and O–H groups in total. The van der Waals surface area contributed by atoms with E-state index in [1.165, 1.54) is 11.0 Å². The number of carbonyl (C=O) groups excluding carboxylic acids is 4. The number of carbonyl (C=O) groups is 4. The summed E-state index contributed by atoms with van der Waals surface area (Å²) in [7, 11) is -2.55. The Bertz CT molecular complexity index is 2330. The highest BCUT2D eigenvalue weighted by Crippen LogP contribution is 2.49. The molecule has 1 saturated heterocycles. The van der Waals surface area contributed by atoms with E-state index < -0.39 is 73.2 Å². The molecule has 15 heteroatoms. The number of alkyl carbamates (subject to hydrolysis) is 1. The molecule has 2 aliphatic heterocycles. The Hall–Kier alpha value is -5.18. The van der Waals surface area contributed by atoms with Gasteiger partial charge in [0.2, 0.25) is 27.5 Å². The predicted octanol–water partition coefficient (Wildman–Crippen LogP) is 6.37. The van der Waals surface area contributed by atoms with Crippen LogP contribution in [0.15, 0.2) is 61.2 Å². The number of amides is 3. The maximum atomic E-state index is 15.1. The van der Waals surface area contributed by atoms with Crippen molar-refractivity contribution in [2.75, 3.05) is 20.3 Å². The minimum atomic E-state index is -4.16. The first-order valence-electron chi connectivity index (χ1n) is 22.0. The molecule has 62 heavy (non-hydrogen) atoms. The van der Waals surface area contributed by atoms with Crippen LogP contribution in [-0.4, -0.2) is 90.6 Å². The molecule has 4 bridgehead atoms. The number of ether oxygens (including phenoxy) is 4. The Morgan fingerprint density at radius 2 is 1.81 bits per heavy atom. The lowest BCUT2D eigenvalue weighted by atomic mass is 9.83. The second-order valence-electron chi connectivity index (χ2n) is 18.5. The first-order chi connectivity index (χ1) is 29.7. The van der Waals surface area contributed by atoms with Gasteiger partial charge in [0, 0.05) is 29.9 Å².